The molecule has 0 radical (unpaired) electrons. The molecule has 1 saturated heterocycles. The van der Waals surface area contributed by atoms with Crippen molar-refractivity contribution in [1.82, 2.24) is 24.6 Å². The van der Waals surface area contributed by atoms with Gasteiger partial charge in [0.05, 0.1) is 40.4 Å². The molecule has 2 atom stereocenters. The molecular formula is C23H19F3N6O. The van der Waals surface area contributed by atoms with Gasteiger partial charge >= 0.3 is 6.18 Å². The van der Waals surface area contributed by atoms with Crippen LogP contribution in [-0.4, -0.2) is 37.1 Å². The van der Waals surface area contributed by atoms with Crippen molar-refractivity contribution < 1.29 is 18.0 Å². The van der Waals surface area contributed by atoms with E-state index in [-0.39, 0.29) is 23.6 Å². The van der Waals surface area contributed by atoms with Gasteiger partial charge in [0.2, 0.25) is 0 Å². The van der Waals surface area contributed by atoms with Crippen LogP contribution in [0.25, 0.3) is 21.8 Å². The largest absolute Gasteiger partial charge is 0.416 e. The number of anilines is 1. The molecule has 2 N–H and O–H groups in total. The van der Waals surface area contributed by atoms with Gasteiger partial charge in [-0.1, -0.05) is 6.07 Å². The maximum absolute atomic E-state index is 13.5. The average molecular weight is 452 g/mol. The van der Waals surface area contributed by atoms with Crippen molar-refractivity contribution in [3.8, 4) is 0 Å². The number of nitrogens with two attached hydrogens (primary N) is 1. The molecule has 33 heavy (non-hydrogen) atoms. The van der Waals surface area contributed by atoms with Gasteiger partial charge in [-0.3, -0.25) is 9.48 Å². The van der Waals surface area contributed by atoms with Crippen LogP contribution < -0.4 is 5.73 Å². The minimum absolute atomic E-state index is 0.0298. The first kappa shape index (κ1) is 20.0. The molecule has 4 aromatic rings. The van der Waals surface area contributed by atoms with E-state index in [1.807, 2.05) is 0 Å². The summed E-state index contributed by atoms with van der Waals surface area (Å²) < 4.78 is 41.3. The number of nitrogen functional groups attached to an aromatic ring is 1. The number of aromatic nitrogens is 4. The minimum Gasteiger partial charge on any atom is -0.383 e. The first-order valence-electron chi connectivity index (χ1n) is 10.6. The fourth-order valence-corrected chi connectivity index (χ4v) is 5.32. The Bertz CT molecular complexity index is 1460. The van der Waals surface area contributed by atoms with E-state index in [1.54, 1.807) is 28.9 Å². The predicted octanol–water partition coefficient (Wildman–Crippen LogP) is 4.19. The smallest absolute Gasteiger partial charge is 0.383 e. The van der Waals surface area contributed by atoms with Crippen LogP contribution in [0.1, 0.15) is 52.0 Å². The van der Waals surface area contributed by atoms with E-state index < -0.39 is 11.7 Å². The molecular weight excluding hydrogens is 433 g/mol. The Labute approximate surface area is 186 Å². The van der Waals surface area contributed by atoms with Crippen LogP contribution in [0.3, 0.4) is 0 Å². The Balaban J connectivity index is 1.40. The van der Waals surface area contributed by atoms with Crippen molar-refractivity contribution in [1.29, 1.82) is 0 Å². The number of halogens is 3. The Morgan fingerprint density at radius 2 is 1.97 bits per heavy atom. The lowest BCUT2D eigenvalue weighted by Gasteiger charge is -2.33. The normalized spacial score (nSPS) is 19.9. The third-order valence-corrected chi connectivity index (χ3v) is 6.89. The van der Waals surface area contributed by atoms with E-state index in [1.165, 1.54) is 18.3 Å². The van der Waals surface area contributed by atoms with Gasteiger partial charge in [0.25, 0.3) is 5.91 Å². The lowest BCUT2D eigenvalue weighted by molar-refractivity contribution is -0.137. The number of likely N-dealkylation sites (tertiary alicyclic amines) is 1. The van der Waals surface area contributed by atoms with E-state index in [0.717, 1.165) is 17.1 Å². The molecule has 1 aliphatic carbocycles. The van der Waals surface area contributed by atoms with E-state index in [4.69, 9.17) is 5.73 Å². The summed E-state index contributed by atoms with van der Waals surface area (Å²) in [5.41, 5.74) is 8.47. The van der Waals surface area contributed by atoms with Crippen LogP contribution in [0.15, 0.2) is 36.7 Å². The maximum Gasteiger partial charge on any atom is 0.416 e. The first-order valence-corrected chi connectivity index (χ1v) is 10.6. The van der Waals surface area contributed by atoms with E-state index >= 15 is 0 Å². The molecule has 168 valence electrons. The molecule has 10 heteroatoms. The summed E-state index contributed by atoms with van der Waals surface area (Å²) in [6.07, 6.45) is 0.0177. The van der Waals surface area contributed by atoms with Crippen molar-refractivity contribution in [2.24, 2.45) is 7.05 Å². The molecule has 7 nitrogen and oxygen atoms in total. The zero-order chi connectivity index (χ0) is 23.1. The summed E-state index contributed by atoms with van der Waals surface area (Å²) in [5, 5.41) is 5.66. The lowest BCUT2D eigenvalue weighted by Crippen LogP contribution is -2.38. The molecule has 6 rings (SSSR count). The second-order valence-electron chi connectivity index (χ2n) is 8.69. The minimum atomic E-state index is -4.38. The summed E-state index contributed by atoms with van der Waals surface area (Å²) in [4.78, 5) is 24.0. The molecule has 1 fully saturated rings. The molecule has 2 aliphatic rings. The number of pyridine rings is 2. The summed E-state index contributed by atoms with van der Waals surface area (Å²) >= 11 is 0. The van der Waals surface area contributed by atoms with Crippen LogP contribution in [0.2, 0.25) is 0 Å². The summed E-state index contributed by atoms with van der Waals surface area (Å²) in [6, 6.07) is 5.31. The number of carbonyl (C=O) groups is 1. The van der Waals surface area contributed by atoms with Crippen molar-refractivity contribution in [2.45, 2.75) is 31.0 Å². The van der Waals surface area contributed by atoms with Crippen molar-refractivity contribution in [3.63, 3.8) is 0 Å². The van der Waals surface area contributed by atoms with E-state index in [0.29, 0.717) is 47.1 Å². The number of benzene rings is 1. The van der Waals surface area contributed by atoms with Gasteiger partial charge in [0.15, 0.2) is 0 Å². The Hall–Kier alpha value is -3.69. The van der Waals surface area contributed by atoms with Gasteiger partial charge < -0.3 is 10.6 Å². The molecule has 2 bridgehead atoms. The highest BCUT2D eigenvalue weighted by Gasteiger charge is 2.43. The standard InChI is InChI=1S/C23H19F3N6O/c1-31-20-15-8-17(28-10-18(15)30-21(27)16(20)9-29-31)22(33)32-5-4-11-6-19(32)13-3-2-12(7-14(11)13)23(24,25)26/h2-3,7-11,19H,4-6H2,1H3,(H2,27,30). The molecule has 2 unspecified atom stereocenters. The van der Waals surface area contributed by atoms with Gasteiger partial charge in [-0.15, -0.1) is 0 Å². The Morgan fingerprint density at radius 1 is 1.15 bits per heavy atom. The zero-order valence-electron chi connectivity index (χ0n) is 17.6. The summed E-state index contributed by atoms with van der Waals surface area (Å²) in [6.45, 7) is 0.463. The van der Waals surface area contributed by atoms with Crippen LogP contribution in [0.4, 0.5) is 19.0 Å². The maximum atomic E-state index is 13.5. The highest BCUT2D eigenvalue weighted by molar-refractivity contribution is 6.09. The van der Waals surface area contributed by atoms with Gasteiger partial charge in [0, 0.05) is 19.0 Å². The van der Waals surface area contributed by atoms with Crippen LogP contribution in [0, 0.1) is 0 Å². The van der Waals surface area contributed by atoms with Crippen molar-refractivity contribution in [3.05, 3.63) is 59.0 Å². The fourth-order valence-electron chi connectivity index (χ4n) is 5.32. The Morgan fingerprint density at radius 3 is 2.76 bits per heavy atom. The number of fused-ring (bicyclic) bond motifs is 8. The fraction of sp³-hybridized carbons (Fsp3) is 0.304. The number of rotatable bonds is 1. The van der Waals surface area contributed by atoms with Gasteiger partial charge in [-0.25, -0.2) is 9.97 Å². The molecule has 1 aromatic carbocycles. The molecule has 0 saturated carbocycles. The van der Waals surface area contributed by atoms with Crippen molar-refractivity contribution >= 4 is 33.5 Å². The number of hydrogen-bond donors (Lipinski definition) is 1. The molecule has 0 spiro atoms. The quantitative estimate of drug-likeness (QED) is 0.468. The zero-order valence-corrected chi connectivity index (χ0v) is 17.6. The van der Waals surface area contributed by atoms with Crippen LogP contribution >= 0.6 is 0 Å². The third-order valence-electron chi connectivity index (χ3n) is 6.89. The topological polar surface area (TPSA) is 89.9 Å². The number of alkyl halides is 3. The highest BCUT2D eigenvalue weighted by atomic mass is 19.4. The second kappa shape index (κ2) is 6.66. The molecule has 1 amide bonds. The number of nitrogens with zero attached hydrogens (tertiary/aromatic N) is 5. The van der Waals surface area contributed by atoms with Crippen LogP contribution in [0.5, 0.6) is 0 Å². The Kier molecular flexibility index (Phi) is 4.03. The molecule has 1 aliphatic heterocycles. The highest BCUT2D eigenvalue weighted by Crippen LogP contribution is 2.50. The monoisotopic (exact) mass is 452 g/mol. The van der Waals surface area contributed by atoms with Gasteiger partial charge in [-0.2, -0.15) is 18.3 Å². The predicted molar refractivity (Wildman–Crippen MR) is 115 cm³/mol. The third kappa shape index (κ3) is 2.89. The summed E-state index contributed by atoms with van der Waals surface area (Å²) in [7, 11) is 1.79. The molecule has 3 aromatic heterocycles. The second-order valence-corrected chi connectivity index (χ2v) is 8.69. The summed E-state index contributed by atoms with van der Waals surface area (Å²) in [5.74, 6) is 0.122. The lowest BCUT2D eigenvalue weighted by atomic mass is 9.94. The van der Waals surface area contributed by atoms with E-state index in [2.05, 4.69) is 15.1 Å². The first-order chi connectivity index (χ1) is 15.7. The van der Waals surface area contributed by atoms with Gasteiger partial charge in [-0.05, 0) is 48.1 Å². The van der Waals surface area contributed by atoms with Crippen LogP contribution in [-0.2, 0) is 13.2 Å². The number of amides is 1. The van der Waals surface area contributed by atoms with Gasteiger partial charge in [0.1, 0.15) is 11.5 Å². The van der Waals surface area contributed by atoms with Crippen molar-refractivity contribution in [2.75, 3.05) is 12.3 Å². The number of aryl methyl sites for hydroxylation is 1. The SMILES string of the molecule is Cn1ncc2c(N)nc3cnc(C(=O)N4CCC5CC4c4ccc(C(F)(F)F)cc45)cc3c21. The number of hydrogen-bond acceptors (Lipinski definition) is 5. The number of piperidine rings is 1. The average Bonchev–Trinajstić information content (AvgIpc) is 3.31. The van der Waals surface area contributed by atoms with E-state index in [9.17, 15) is 18.0 Å². The molecule has 4 heterocycles. The number of carbonyl (C=O) groups excluding carboxylic acids is 1.